The van der Waals surface area contributed by atoms with E-state index in [1.807, 2.05) is 60.7 Å². The van der Waals surface area contributed by atoms with Crippen LogP contribution in [0.15, 0.2) is 84.9 Å². The van der Waals surface area contributed by atoms with Crippen LogP contribution in [0.1, 0.15) is 0 Å². The second kappa shape index (κ2) is 8.36. The largest absolute Gasteiger partial charge is 0.324 e. The van der Waals surface area contributed by atoms with Crippen LogP contribution >= 0.6 is 0 Å². The molecule has 30 heavy (non-hydrogen) atoms. The van der Waals surface area contributed by atoms with Crippen molar-refractivity contribution < 1.29 is 9.72 Å². The fourth-order valence-corrected chi connectivity index (χ4v) is 2.97. The van der Waals surface area contributed by atoms with E-state index < -0.39 is 4.92 Å². The molecule has 0 aliphatic carbocycles. The number of nitrogens with zero attached hydrogens (tertiary/aromatic N) is 4. The number of amides is 1. The lowest BCUT2D eigenvalue weighted by molar-refractivity contribution is -0.384. The van der Waals surface area contributed by atoms with Gasteiger partial charge in [-0.15, -0.1) is 5.10 Å². The molecule has 0 aliphatic heterocycles. The fraction of sp³-hybridized carbons (Fsp3) is 0.0455. The molecule has 4 aromatic rings. The smallest absolute Gasteiger partial charge is 0.269 e. The molecule has 1 amide bonds. The van der Waals surface area contributed by atoms with Crippen molar-refractivity contribution in [3.8, 4) is 22.8 Å². The van der Waals surface area contributed by atoms with Gasteiger partial charge in [0.2, 0.25) is 5.91 Å². The number of non-ortho nitro benzene ring substituents is 1. The summed E-state index contributed by atoms with van der Waals surface area (Å²) < 4.78 is 1.55. The maximum atomic E-state index is 12.6. The molecule has 0 radical (unpaired) electrons. The summed E-state index contributed by atoms with van der Waals surface area (Å²) in [5.41, 5.74) is 2.12. The van der Waals surface area contributed by atoms with Crippen molar-refractivity contribution in [1.82, 2.24) is 14.8 Å². The highest BCUT2D eigenvalue weighted by Crippen LogP contribution is 2.22. The third-order valence-corrected chi connectivity index (χ3v) is 4.39. The van der Waals surface area contributed by atoms with E-state index in [1.165, 1.54) is 24.3 Å². The minimum absolute atomic E-state index is 0.0388. The first kappa shape index (κ1) is 19.0. The van der Waals surface area contributed by atoms with Gasteiger partial charge in [-0.05, 0) is 12.1 Å². The van der Waals surface area contributed by atoms with Crippen LogP contribution in [0.4, 0.5) is 11.4 Å². The summed E-state index contributed by atoms with van der Waals surface area (Å²) in [6.07, 6.45) is 0. The van der Waals surface area contributed by atoms with Crippen molar-refractivity contribution in [3.63, 3.8) is 0 Å². The molecule has 1 heterocycles. The van der Waals surface area contributed by atoms with Crippen LogP contribution in [0.2, 0.25) is 0 Å². The Morgan fingerprint density at radius 2 is 1.50 bits per heavy atom. The Balaban J connectivity index is 1.60. The van der Waals surface area contributed by atoms with Crippen molar-refractivity contribution >= 4 is 17.3 Å². The average molecular weight is 399 g/mol. The molecular formula is C22H17N5O3. The van der Waals surface area contributed by atoms with Gasteiger partial charge in [-0.2, -0.15) is 0 Å². The number of nitrogens with one attached hydrogen (secondary N) is 1. The van der Waals surface area contributed by atoms with Crippen LogP contribution in [-0.2, 0) is 11.3 Å². The molecule has 0 saturated carbocycles. The van der Waals surface area contributed by atoms with Gasteiger partial charge in [-0.1, -0.05) is 60.7 Å². The molecule has 1 N–H and O–H groups in total. The number of rotatable bonds is 6. The molecule has 8 heteroatoms. The molecule has 8 nitrogen and oxygen atoms in total. The molecular weight excluding hydrogens is 382 g/mol. The average Bonchev–Trinajstić information content (AvgIpc) is 3.19. The van der Waals surface area contributed by atoms with Gasteiger partial charge < -0.3 is 5.32 Å². The van der Waals surface area contributed by atoms with Gasteiger partial charge in [0.1, 0.15) is 6.54 Å². The molecule has 0 atom stereocenters. The Morgan fingerprint density at radius 3 is 2.10 bits per heavy atom. The molecule has 0 unspecified atom stereocenters. The molecule has 4 rings (SSSR count). The zero-order valence-electron chi connectivity index (χ0n) is 15.8. The van der Waals surface area contributed by atoms with Crippen molar-refractivity contribution in [2.24, 2.45) is 0 Å². The van der Waals surface area contributed by atoms with Gasteiger partial charge in [0.15, 0.2) is 11.6 Å². The van der Waals surface area contributed by atoms with Crippen LogP contribution < -0.4 is 5.32 Å². The van der Waals surface area contributed by atoms with Gasteiger partial charge in [-0.3, -0.25) is 14.9 Å². The summed E-state index contributed by atoms with van der Waals surface area (Å²) in [6.45, 7) is -0.0545. The number of nitro groups is 1. The van der Waals surface area contributed by atoms with E-state index >= 15 is 0 Å². The van der Waals surface area contributed by atoms with Crippen molar-refractivity contribution in [2.75, 3.05) is 5.32 Å². The summed E-state index contributed by atoms with van der Waals surface area (Å²) in [5.74, 6) is 0.788. The van der Waals surface area contributed by atoms with Gasteiger partial charge in [0.25, 0.3) is 5.69 Å². The molecule has 0 saturated heterocycles. The second-order valence-corrected chi connectivity index (χ2v) is 6.50. The van der Waals surface area contributed by atoms with Gasteiger partial charge in [0, 0.05) is 28.9 Å². The van der Waals surface area contributed by atoms with Crippen molar-refractivity contribution in [2.45, 2.75) is 6.54 Å². The zero-order valence-corrected chi connectivity index (χ0v) is 15.8. The molecule has 0 aliphatic rings. The SMILES string of the molecule is O=C(Cn1nc(-c2ccccc2)nc1-c1ccccc1)Nc1ccc([N+](=O)[O-])cc1. The highest BCUT2D eigenvalue weighted by molar-refractivity contribution is 5.90. The fourth-order valence-electron chi connectivity index (χ4n) is 2.97. The van der Waals surface area contributed by atoms with E-state index in [2.05, 4.69) is 15.4 Å². The van der Waals surface area contributed by atoms with E-state index in [-0.39, 0.29) is 18.1 Å². The predicted molar refractivity (Wildman–Crippen MR) is 113 cm³/mol. The number of aromatic nitrogens is 3. The summed E-state index contributed by atoms with van der Waals surface area (Å²) in [7, 11) is 0. The van der Waals surface area contributed by atoms with E-state index in [1.54, 1.807) is 4.68 Å². The van der Waals surface area contributed by atoms with Crippen LogP contribution in [0.5, 0.6) is 0 Å². The van der Waals surface area contributed by atoms with E-state index in [0.717, 1.165) is 11.1 Å². The zero-order chi connectivity index (χ0) is 20.9. The molecule has 3 aromatic carbocycles. The van der Waals surface area contributed by atoms with Gasteiger partial charge in [0.05, 0.1) is 4.92 Å². The van der Waals surface area contributed by atoms with Crippen LogP contribution in [0.3, 0.4) is 0 Å². The Bertz CT molecular complexity index is 1170. The topological polar surface area (TPSA) is 103 Å². The summed E-state index contributed by atoms with van der Waals surface area (Å²) in [6, 6.07) is 24.7. The Kier molecular flexibility index (Phi) is 5.29. The number of hydrogen-bond acceptors (Lipinski definition) is 5. The monoisotopic (exact) mass is 399 g/mol. The third kappa shape index (κ3) is 4.22. The lowest BCUT2D eigenvalue weighted by Crippen LogP contribution is -2.20. The predicted octanol–water partition coefficient (Wildman–Crippen LogP) is 4.16. The van der Waals surface area contributed by atoms with E-state index in [9.17, 15) is 14.9 Å². The van der Waals surface area contributed by atoms with E-state index in [0.29, 0.717) is 17.3 Å². The molecule has 148 valence electrons. The maximum Gasteiger partial charge on any atom is 0.269 e. The number of carbonyl (C=O) groups is 1. The molecule has 1 aromatic heterocycles. The van der Waals surface area contributed by atoms with Gasteiger partial charge in [-0.25, -0.2) is 9.67 Å². The summed E-state index contributed by atoms with van der Waals surface area (Å²) in [4.78, 5) is 27.5. The number of nitro benzene ring substituents is 1. The third-order valence-electron chi connectivity index (χ3n) is 4.39. The van der Waals surface area contributed by atoms with Crippen LogP contribution in [0, 0.1) is 10.1 Å². The van der Waals surface area contributed by atoms with Gasteiger partial charge >= 0.3 is 0 Å². The first-order valence-electron chi connectivity index (χ1n) is 9.20. The molecule has 0 spiro atoms. The number of anilines is 1. The lowest BCUT2D eigenvalue weighted by Gasteiger charge is -2.07. The minimum atomic E-state index is -0.488. The lowest BCUT2D eigenvalue weighted by atomic mass is 10.2. The number of benzene rings is 3. The number of hydrogen-bond donors (Lipinski definition) is 1. The maximum absolute atomic E-state index is 12.6. The Labute approximate surface area is 172 Å². The highest BCUT2D eigenvalue weighted by atomic mass is 16.6. The van der Waals surface area contributed by atoms with E-state index in [4.69, 9.17) is 0 Å². The highest BCUT2D eigenvalue weighted by Gasteiger charge is 2.16. The Morgan fingerprint density at radius 1 is 0.900 bits per heavy atom. The standard InChI is InChI=1S/C22H17N5O3/c28-20(23-18-11-13-19(14-12-18)27(29)30)15-26-22(17-9-5-2-6-10-17)24-21(25-26)16-7-3-1-4-8-16/h1-14H,15H2,(H,23,28). The Hall–Kier alpha value is -4.33. The van der Waals surface area contributed by atoms with Crippen LogP contribution in [0.25, 0.3) is 22.8 Å². The second-order valence-electron chi connectivity index (χ2n) is 6.50. The first-order valence-corrected chi connectivity index (χ1v) is 9.20. The number of carbonyl (C=O) groups excluding carboxylic acids is 1. The quantitative estimate of drug-likeness (QED) is 0.387. The van der Waals surface area contributed by atoms with Crippen LogP contribution in [-0.4, -0.2) is 25.6 Å². The first-order chi connectivity index (χ1) is 14.6. The normalized spacial score (nSPS) is 10.5. The molecule has 0 fully saturated rings. The summed E-state index contributed by atoms with van der Waals surface area (Å²) in [5, 5.41) is 18.0. The minimum Gasteiger partial charge on any atom is -0.324 e. The molecule has 0 bridgehead atoms. The summed E-state index contributed by atoms with van der Waals surface area (Å²) >= 11 is 0. The van der Waals surface area contributed by atoms with Crippen molar-refractivity contribution in [3.05, 3.63) is 95.0 Å². The van der Waals surface area contributed by atoms with Crippen molar-refractivity contribution in [1.29, 1.82) is 0 Å².